The number of benzene rings is 1. The highest BCUT2D eigenvalue weighted by molar-refractivity contribution is 7.91. The van der Waals surface area contributed by atoms with Crippen molar-refractivity contribution < 1.29 is 17.9 Å². The van der Waals surface area contributed by atoms with Crippen LogP contribution in [0.2, 0.25) is 0 Å². The summed E-state index contributed by atoms with van der Waals surface area (Å²) in [6.45, 7) is 0.478. The highest BCUT2D eigenvalue weighted by Gasteiger charge is 2.29. The van der Waals surface area contributed by atoms with E-state index in [1.807, 2.05) is 18.2 Å². The first-order valence-electron chi connectivity index (χ1n) is 7.73. The molecule has 1 aromatic rings. The first kappa shape index (κ1) is 15.5. The van der Waals surface area contributed by atoms with E-state index in [1.54, 1.807) is 0 Å². The Morgan fingerprint density at radius 2 is 2.14 bits per heavy atom. The Morgan fingerprint density at radius 1 is 1.32 bits per heavy atom. The second-order valence-electron chi connectivity index (χ2n) is 6.00. The fourth-order valence-corrected chi connectivity index (χ4v) is 4.54. The molecule has 0 saturated carbocycles. The lowest BCUT2D eigenvalue weighted by Crippen LogP contribution is -2.43. The van der Waals surface area contributed by atoms with Crippen LogP contribution in [0.25, 0.3) is 0 Å². The quantitative estimate of drug-likeness (QED) is 0.902. The molecule has 120 valence electrons. The highest BCUT2D eigenvalue weighted by Crippen LogP contribution is 2.31. The van der Waals surface area contributed by atoms with Crippen LogP contribution in [-0.4, -0.2) is 45.1 Å². The number of carbonyl (C=O) groups is 1. The molecule has 1 N–H and O–H groups in total. The molecule has 2 unspecified atom stereocenters. The second kappa shape index (κ2) is 6.38. The predicted octanol–water partition coefficient (Wildman–Crippen LogP) is 1.04. The summed E-state index contributed by atoms with van der Waals surface area (Å²) in [5.74, 6) is -0.0917. The average Bonchev–Trinajstić information content (AvgIpc) is 2.51. The molecule has 2 aliphatic rings. The van der Waals surface area contributed by atoms with E-state index in [1.165, 1.54) is 5.56 Å². The maximum atomic E-state index is 12.4. The Labute approximate surface area is 131 Å². The molecule has 1 saturated heterocycles. The van der Waals surface area contributed by atoms with Crippen molar-refractivity contribution in [3.63, 3.8) is 0 Å². The van der Waals surface area contributed by atoms with Crippen LogP contribution in [0.4, 0.5) is 0 Å². The SMILES string of the molecule is O=C(NCC1CS(=O)(=O)CCO1)C1CCCc2ccccc21. The molecule has 0 radical (unpaired) electrons. The van der Waals surface area contributed by atoms with Crippen molar-refractivity contribution in [1.82, 2.24) is 5.32 Å². The minimum atomic E-state index is -3.03. The minimum absolute atomic E-state index is 0.00542. The van der Waals surface area contributed by atoms with Crippen LogP contribution in [-0.2, 0) is 25.8 Å². The van der Waals surface area contributed by atoms with Crippen molar-refractivity contribution in [2.75, 3.05) is 24.7 Å². The number of rotatable bonds is 3. The summed E-state index contributed by atoms with van der Waals surface area (Å²) in [5.41, 5.74) is 2.34. The number of amides is 1. The first-order valence-corrected chi connectivity index (χ1v) is 9.55. The Hall–Kier alpha value is -1.40. The zero-order valence-corrected chi connectivity index (χ0v) is 13.3. The van der Waals surface area contributed by atoms with Gasteiger partial charge >= 0.3 is 0 Å². The molecule has 1 aliphatic heterocycles. The third-order valence-electron chi connectivity index (χ3n) is 4.38. The van der Waals surface area contributed by atoms with Gasteiger partial charge in [-0.2, -0.15) is 0 Å². The van der Waals surface area contributed by atoms with Crippen molar-refractivity contribution >= 4 is 15.7 Å². The number of aryl methyl sites for hydroxylation is 1. The highest BCUT2D eigenvalue weighted by atomic mass is 32.2. The van der Waals surface area contributed by atoms with Gasteiger partial charge in [-0.25, -0.2) is 8.42 Å². The molecule has 1 heterocycles. The standard InChI is InChI=1S/C16H21NO4S/c18-16(17-10-13-11-22(19,20)9-8-21-13)15-7-3-5-12-4-1-2-6-14(12)15/h1-2,4,6,13,15H,3,5,7-11H2,(H,17,18). The molecule has 3 rings (SSSR count). The average molecular weight is 323 g/mol. The zero-order valence-electron chi connectivity index (χ0n) is 12.5. The molecular formula is C16H21NO4S. The number of carbonyl (C=O) groups excluding carboxylic acids is 1. The molecule has 5 nitrogen and oxygen atoms in total. The van der Waals surface area contributed by atoms with E-state index in [0.717, 1.165) is 24.8 Å². The van der Waals surface area contributed by atoms with Gasteiger partial charge in [-0.1, -0.05) is 24.3 Å². The number of nitrogens with one attached hydrogen (secondary N) is 1. The zero-order chi connectivity index (χ0) is 15.6. The second-order valence-corrected chi connectivity index (χ2v) is 8.22. The lowest BCUT2D eigenvalue weighted by atomic mass is 9.82. The maximum absolute atomic E-state index is 12.4. The van der Waals surface area contributed by atoms with Crippen LogP contribution in [0.3, 0.4) is 0 Å². The smallest absolute Gasteiger partial charge is 0.227 e. The lowest BCUT2D eigenvalue weighted by molar-refractivity contribution is -0.123. The van der Waals surface area contributed by atoms with E-state index < -0.39 is 15.9 Å². The Bertz CT molecular complexity index is 656. The molecule has 2 atom stereocenters. The summed E-state index contributed by atoms with van der Waals surface area (Å²) in [5, 5.41) is 2.87. The van der Waals surface area contributed by atoms with Gasteiger partial charge in [0, 0.05) is 6.54 Å². The van der Waals surface area contributed by atoms with Crippen LogP contribution in [0.1, 0.15) is 29.9 Å². The molecule has 0 aromatic heterocycles. The largest absolute Gasteiger partial charge is 0.374 e. The number of ether oxygens (including phenoxy) is 1. The molecule has 1 aromatic carbocycles. The summed E-state index contributed by atoms with van der Waals surface area (Å²) in [7, 11) is -3.03. The van der Waals surface area contributed by atoms with E-state index in [-0.39, 0.29) is 36.5 Å². The van der Waals surface area contributed by atoms with E-state index in [0.29, 0.717) is 0 Å². The number of hydrogen-bond donors (Lipinski definition) is 1. The molecule has 1 fully saturated rings. The summed E-state index contributed by atoms with van der Waals surface area (Å²) in [6, 6.07) is 8.05. The molecular weight excluding hydrogens is 302 g/mol. The van der Waals surface area contributed by atoms with Crippen LogP contribution >= 0.6 is 0 Å². The van der Waals surface area contributed by atoms with E-state index in [4.69, 9.17) is 4.74 Å². The van der Waals surface area contributed by atoms with E-state index in [9.17, 15) is 13.2 Å². The first-order chi connectivity index (χ1) is 10.6. The molecule has 22 heavy (non-hydrogen) atoms. The van der Waals surface area contributed by atoms with Gasteiger partial charge in [0.2, 0.25) is 5.91 Å². The van der Waals surface area contributed by atoms with Crippen LogP contribution < -0.4 is 5.32 Å². The predicted molar refractivity (Wildman–Crippen MR) is 83.5 cm³/mol. The van der Waals surface area contributed by atoms with Gasteiger partial charge in [0.25, 0.3) is 0 Å². The van der Waals surface area contributed by atoms with Gasteiger partial charge in [-0.05, 0) is 30.4 Å². The van der Waals surface area contributed by atoms with Gasteiger partial charge < -0.3 is 10.1 Å². The maximum Gasteiger partial charge on any atom is 0.227 e. The molecule has 1 amide bonds. The van der Waals surface area contributed by atoms with Crippen molar-refractivity contribution in [2.45, 2.75) is 31.3 Å². The van der Waals surface area contributed by atoms with Crippen LogP contribution in [0.15, 0.2) is 24.3 Å². The van der Waals surface area contributed by atoms with Gasteiger partial charge in [-0.3, -0.25) is 4.79 Å². The Kier molecular flexibility index (Phi) is 4.49. The van der Waals surface area contributed by atoms with Crippen molar-refractivity contribution in [2.24, 2.45) is 0 Å². The monoisotopic (exact) mass is 323 g/mol. The van der Waals surface area contributed by atoms with Crippen molar-refractivity contribution in [3.8, 4) is 0 Å². The number of sulfone groups is 1. The fourth-order valence-electron chi connectivity index (χ4n) is 3.24. The Morgan fingerprint density at radius 3 is 2.95 bits per heavy atom. The molecule has 0 spiro atoms. The van der Waals surface area contributed by atoms with Crippen molar-refractivity contribution in [3.05, 3.63) is 35.4 Å². The third kappa shape index (κ3) is 3.50. The molecule has 0 bridgehead atoms. The summed E-state index contributed by atoms with van der Waals surface area (Å²) in [4.78, 5) is 12.4. The fraction of sp³-hybridized carbons (Fsp3) is 0.562. The normalized spacial score (nSPS) is 26.9. The van der Waals surface area contributed by atoms with Gasteiger partial charge in [0.05, 0.1) is 30.1 Å². The van der Waals surface area contributed by atoms with E-state index >= 15 is 0 Å². The van der Waals surface area contributed by atoms with E-state index in [2.05, 4.69) is 11.4 Å². The number of fused-ring (bicyclic) bond motifs is 1. The summed E-state index contributed by atoms with van der Waals surface area (Å²) < 4.78 is 28.6. The van der Waals surface area contributed by atoms with Gasteiger partial charge in [0.15, 0.2) is 9.84 Å². The van der Waals surface area contributed by atoms with Gasteiger partial charge in [0.1, 0.15) is 0 Å². The lowest BCUT2D eigenvalue weighted by Gasteiger charge is -2.27. The molecule has 6 heteroatoms. The molecule has 1 aliphatic carbocycles. The summed E-state index contributed by atoms with van der Waals surface area (Å²) >= 11 is 0. The van der Waals surface area contributed by atoms with Crippen LogP contribution in [0.5, 0.6) is 0 Å². The van der Waals surface area contributed by atoms with Crippen LogP contribution in [0, 0.1) is 0 Å². The topological polar surface area (TPSA) is 72.5 Å². The van der Waals surface area contributed by atoms with Gasteiger partial charge in [-0.15, -0.1) is 0 Å². The summed E-state index contributed by atoms with van der Waals surface area (Å²) in [6.07, 6.45) is 2.43. The Balaban J connectivity index is 1.61. The number of hydrogen-bond acceptors (Lipinski definition) is 4. The van der Waals surface area contributed by atoms with Crippen molar-refractivity contribution in [1.29, 1.82) is 0 Å². The minimum Gasteiger partial charge on any atom is -0.374 e. The third-order valence-corrected chi connectivity index (χ3v) is 6.05.